The molecular weight excluding hydrogens is 248 g/mol. The van der Waals surface area contributed by atoms with Crippen LogP contribution in [-0.2, 0) is 6.42 Å². The first-order chi connectivity index (χ1) is 6.77. The zero-order chi connectivity index (χ0) is 10.1. The van der Waals surface area contributed by atoms with E-state index in [9.17, 15) is 4.79 Å². The minimum Gasteiger partial charge on any atom is -0.495 e. The minimum absolute atomic E-state index is 0.587. The van der Waals surface area contributed by atoms with Crippen LogP contribution in [0.1, 0.15) is 15.9 Å². The molecule has 0 saturated carbocycles. The van der Waals surface area contributed by atoms with E-state index >= 15 is 0 Å². The predicted molar refractivity (Wildman–Crippen MR) is 55.3 cm³/mol. The van der Waals surface area contributed by atoms with Crippen molar-refractivity contribution in [2.45, 2.75) is 6.42 Å². The summed E-state index contributed by atoms with van der Waals surface area (Å²) in [5.41, 5.74) is 1.54. The maximum atomic E-state index is 10.9. The number of benzene rings is 1. The van der Waals surface area contributed by atoms with E-state index < -0.39 is 0 Å². The summed E-state index contributed by atoms with van der Waals surface area (Å²) >= 11 is 3.34. The van der Waals surface area contributed by atoms with Gasteiger partial charge >= 0.3 is 0 Å². The lowest BCUT2D eigenvalue weighted by Gasteiger charge is -2.09. The molecule has 0 aliphatic carbocycles. The highest BCUT2D eigenvalue weighted by atomic mass is 79.9. The molecule has 1 aromatic rings. The van der Waals surface area contributed by atoms with Gasteiger partial charge < -0.3 is 9.47 Å². The van der Waals surface area contributed by atoms with Crippen molar-refractivity contribution in [1.29, 1.82) is 0 Å². The molecule has 0 N–H and O–H groups in total. The predicted octanol–water partition coefficient (Wildman–Crippen LogP) is 2.21. The number of fused-ring (bicyclic) bond motifs is 1. The normalized spacial score (nSPS) is 13.3. The van der Waals surface area contributed by atoms with Crippen LogP contribution in [-0.4, -0.2) is 20.0 Å². The van der Waals surface area contributed by atoms with Gasteiger partial charge in [-0.05, 0) is 22.0 Å². The SMILES string of the molecule is COc1c(Br)cc2c(c1C=O)CCO2. The first-order valence-corrected chi connectivity index (χ1v) is 5.04. The number of carbonyl (C=O) groups is 1. The number of methoxy groups -OCH3 is 1. The average molecular weight is 257 g/mol. The van der Waals surface area contributed by atoms with Gasteiger partial charge in [-0.1, -0.05) is 0 Å². The Morgan fingerprint density at radius 3 is 3.07 bits per heavy atom. The molecule has 0 fully saturated rings. The molecule has 0 aromatic heterocycles. The van der Waals surface area contributed by atoms with Crippen LogP contribution in [0.3, 0.4) is 0 Å². The number of ether oxygens (including phenoxy) is 2. The molecule has 14 heavy (non-hydrogen) atoms. The lowest BCUT2D eigenvalue weighted by molar-refractivity contribution is 0.111. The zero-order valence-electron chi connectivity index (χ0n) is 7.67. The fraction of sp³-hybridized carbons (Fsp3) is 0.300. The van der Waals surface area contributed by atoms with Crippen LogP contribution >= 0.6 is 15.9 Å². The van der Waals surface area contributed by atoms with Gasteiger partial charge in [0.05, 0.1) is 23.8 Å². The summed E-state index contributed by atoms with van der Waals surface area (Å²) in [6, 6.07) is 1.84. The Morgan fingerprint density at radius 1 is 1.64 bits per heavy atom. The second-order valence-corrected chi connectivity index (χ2v) is 3.85. The fourth-order valence-electron chi connectivity index (χ4n) is 1.65. The summed E-state index contributed by atoms with van der Waals surface area (Å²) in [4.78, 5) is 10.9. The molecule has 74 valence electrons. The average Bonchev–Trinajstić information content (AvgIpc) is 2.62. The van der Waals surface area contributed by atoms with Gasteiger partial charge in [-0.15, -0.1) is 0 Å². The third kappa shape index (κ3) is 1.30. The molecule has 4 heteroatoms. The first-order valence-electron chi connectivity index (χ1n) is 4.25. The Hall–Kier alpha value is -1.03. The van der Waals surface area contributed by atoms with Gasteiger partial charge in [0.1, 0.15) is 11.5 Å². The molecule has 0 unspecified atom stereocenters. The number of hydrogen-bond donors (Lipinski definition) is 0. The lowest BCUT2D eigenvalue weighted by atomic mass is 10.1. The second-order valence-electron chi connectivity index (χ2n) is 3.00. The third-order valence-electron chi connectivity index (χ3n) is 2.27. The molecule has 0 saturated heterocycles. The molecule has 0 amide bonds. The molecule has 0 radical (unpaired) electrons. The van der Waals surface area contributed by atoms with Crippen molar-refractivity contribution in [3.05, 3.63) is 21.7 Å². The Bertz CT molecular complexity index is 384. The largest absolute Gasteiger partial charge is 0.495 e. The maximum Gasteiger partial charge on any atom is 0.154 e. The number of rotatable bonds is 2. The minimum atomic E-state index is 0.587. The number of aldehydes is 1. The maximum absolute atomic E-state index is 10.9. The first kappa shape index (κ1) is 9.52. The summed E-state index contributed by atoms with van der Waals surface area (Å²) in [5.74, 6) is 1.36. The van der Waals surface area contributed by atoms with Crippen LogP contribution in [0.5, 0.6) is 11.5 Å². The smallest absolute Gasteiger partial charge is 0.154 e. The van der Waals surface area contributed by atoms with Crippen LogP contribution in [0.2, 0.25) is 0 Å². The van der Waals surface area contributed by atoms with Crippen molar-refractivity contribution in [2.24, 2.45) is 0 Å². The van der Waals surface area contributed by atoms with Gasteiger partial charge in [0.25, 0.3) is 0 Å². The molecule has 1 heterocycles. The van der Waals surface area contributed by atoms with Crippen LogP contribution in [0.4, 0.5) is 0 Å². The molecule has 1 aliphatic heterocycles. The van der Waals surface area contributed by atoms with Crippen LogP contribution in [0.25, 0.3) is 0 Å². The van der Waals surface area contributed by atoms with Crippen LogP contribution in [0, 0.1) is 0 Å². The van der Waals surface area contributed by atoms with Gasteiger partial charge in [-0.2, -0.15) is 0 Å². The molecule has 3 nitrogen and oxygen atoms in total. The quantitative estimate of drug-likeness (QED) is 0.762. The summed E-state index contributed by atoms with van der Waals surface area (Å²) in [7, 11) is 1.55. The molecule has 1 aliphatic rings. The Morgan fingerprint density at radius 2 is 2.43 bits per heavy atom. The lowest BCUT2D eigenvalue weighted by Crippen LogP contribution is -1.96. The van der Waals surface area contributed by atoms with Gasteiger partial charge in [0.2, 0.25) is 0 Å². The summed E-state index contributed by atoms with van der Waals surface area (Å²) in [6.07, 6.45) is 1.59. The number of carbonyl (C=O) groups excluding carboxylic acids is 1. The highest BCUT2D eigenvalue weighted by Gasteiger charge is 2.21. The molecule has 2 rings (SSSR count). The van der Waals surface area contributed by atoms with Crippen molar-refractivity contribution in [1.82, 2.24) is 0 Å². The Labute approximate surface area is 90.1 Å². The van der Waals surface area contributed by atoms with Crippen LogP contribution < -0.4 is 9.47 Å². The summed E-state index contributed by atoms with van der Waals surface area (Å²) in [5, 5.41) is 0. The zero-order valence-corrected chi connectivity index (χ0v) is 9.26. The highest BCUT2D eigenvalue weighted by Crippen LogP contribution is 2.39. The number of hydrogen-bond acceptors (Lipinski definition) is 3. The molecule has 0 atom stereocenters. The summed E-state index contributed by atoms with van der Waals surface area (Å²) < 4.78 is 11.3. The van der Waals surface area contributed by atoms with E-state index in [4.69, 9.17) is 9.47 Å². The van der Waals surface area contributed by atoms with Gasteiger partial charge in [-0.3, -0.25) is 4.79 Å². The molecule has 1 aromatic carbocycles. The van der Waals surface area contributed by atoms with E-state index in [0.29, 0.717) is 17.9 Å². The number of halogens is 1. The van der Waals surface area contributed by atoms with Gasteiger partial charge in [0.15, 0.2) is 6.29 Å². The Balaban J connectivity index is 2.68. The van der Waals surface area contributed by atoms with Crippen molar-refractivity contribution in [3.63, 3.8) is 0 Å². The van der Waals surface area contributed by atoms with Crippen LogP contribution in [0.15, 0.2) is 10.5 Å². The topological polar surface area (TPSA) is 35.5 Å². The van der Waals surface area contributed by atoms with Crippen molar-refractivity contribution < 1.29 is 14.3 Å². The van der Waals surface area contributed by atoms with Crippen molar-refractivity contribution in [3.8, 4) is 11.5 Å². The third-order valence-corrected chi connectivity index (χ3v) is 2.86. The monoisotopic (exact) mass is 256 g/mol. The van der Waals surface area contributed by atoms with E-state index in [1.165, 1.54) is 0 Å². The van der Waals surface area contributed by atoms with E-state index in [-0.39, 0.29) is 0 Å². The summed E-state index contributed by atoms with van der Waals surface area (Å²) in [6.45, 7) is 0.635. The van der Waals surface area contributed by atoms with Gasteiger partial charge in [0, 0.05) is 12.0 Å². The molecule has 0 spiro atoms. The second kappa shape index (κ2) is 3.61. The Kier molecular flexibility index (Phi) is 2.46. The standard InChI is InChI=1S/C10H9BrO3/c1-13-10-7(5-12)6-2-3-14-9(6)4-8(10)11/h4-5H,2-3H2,1H3. The van der Waals surface area contributed by atoms with E-state index in [2.05, 4.69) is 15.9 Å². The fourth-order valence-corrected chi connectivity index (χ4v) is 2.23. The van der Waals surface area contributed by atoms with Crippen molar-refractivity contribution in [2.75, 3.05) is 13.7 Å². The van der Waals surface area contributed by atoms with E-state index in [1.54, 1.807) is 7.11 Å². The van der Waals surface area contributed by atoms with Gasteiger partial charge in [-0.25, -0.2) is 0 Å². The van der Waals surface area contributed by atoms with E-state index in [1.807, 2.05) is 6.07 Å². The van der Waals surface area contributed by atoms with Crippen molar-refractivity contribution >= 4 is 22.2 Å². The van der Waals surface area contributed by atoms with E-state index in [0.717, 1.165) is 28.5 Å². The molecular formula is C10H9BrO3. The highest BCUT2D eigenvalue weighted by molar-refractivity contribution is 9.10. The molecule has 0 bridgehead atoms.